The molecular formula is C26H23ClF2N4O2. The predicted molar refractivity (Wildman–Crippen MR) is 133 cm³/mol. The third-order valence-corrected chi connectivity index (χ3v) is 6.32. The molecule has 5 rings (SSSR count). The molecule has 1 aliphatic rings. The van der Waals surface area contributed by atoms with Gasteiger partial charge in [0.25, 0.3) is 5.91 Å². The van der Waals surface area contributed by atoms with E-state index in [9.17, 15) is 13.6 Å². The molecular weight excluding hydrogens is 474 g/mol. The fourth-order valence-corrected chi connectivity index (χ4v) is 4.60. The average Bonchev–Trinajstić information content (AvgIpc) is 3.27. The van der Waals surface area contributed by atoms with Crippen molar-refractivity contribution in [2.24, 2.45) is 7.05 Å². The summed E-state index contributed by atoms with van der Waals surface area (Å²) in [7, 11) is 1.79. The van der Waals surface area contributed by atoms with E-state index in [0.717, 1.165) is 16.6 Å². The number of hydrogen-bond acceptors (Lipinski definition) is 4. The Balaban J connectivity index is 1.61. The number of halogens is 3. The van der Waals surface area contributed by atoms with Crippen molar-refractivity contribution in [2.75, 3.05) is 10.6 Å². The number of nitrogens with one attached hydrogen (secondary N) is 2. The number of anilines is 3. The second-order valence-electron chi connectivity index (χ2n) is 9.29. The van der Waals surface area contributed by atoms with Gasteiger partial charge in [-0.1, -0.05) is 23.7 Å². The number of fused-ring (bicyclic) bond motifs is 3. The molecule has 4 aromatic rings. The quantitative estimate of drug-likeness (QED) is 0.337. The lowest BCUT2D eigenvalue weighted by molar-refractivity contribution is 0.101. The molecule has 1 aliphatic heterocycles. The number of benzene rings is 3. The van der Waals surface area contributed by atoms with Crippen LogP contribution in [0, 0.1) is 18.6 Å². The van der Waals surface area contributed by atoms with Gasteiger partial charge < -0.3 is 19.9 Å². The minimum absolute atomic E-state index is 0.0734. The van der Waals surface area contributed by atoms with Crippen molar-refractivity contribution < 1.29 is 18.3 Å². The van der Waals surface area contributed by atoms with E-state index >= 15 is 0 Å². The van der Waals surface area contributed by atoms with Crippen LogP contribution in [0.2, 0.25) is 5.02 Å². The molecule has 1 amide bonds. The van der Waals surface area contributed by atoms with Gasteiger partial charge in [-0.25, -0.2) is 13.8 Å². The summed E-state index contributed by atoms with van der Waals surface area (Å²) in [5.41, 5.74) is 2.66. The molecule has 0 radical (unpaired) electrons. The van der Waals surface area contributed by atoms with E-state index in [1.807, 2.05) is 13.8 Å². The van der Waals surface area contributed by atoms with Crippen LogP contribution in [0.3, 0.4) is 0 Å². The second kappa shape index (κ2) is 8.23. The number of nitrogens with zero attached hydrogens (tertiary/aromatic N) is 2. The first-order valence-corrected chi connectivity index (χ1v) is 11.4. The Morgan fingerprint density at radius 1 is 1.17 bits per heavy atom. The maximum absolute atomic E-state index is 14.4. The Kier molecular flexibility index (Phi) is 5.44. The van der Waals surface area contributed by atoms with Crippen molar-refractivity contribution in [2.45, 2.75) is 32.8 Å². The van der Waals surface area contributed by atoms with Crippen LogP contribution in [0.4, 0.5) is 26.1 Å². The number of carbonyl (C=O) groups excluding carboxylic acids is 1. The smallest absolute Gasteiger partial charge is 0.259 e. The van der Waals surface area contributed by atoms with E-state index < -0.39 is 23.1 Å². The Labute approximate surface area is 205 Å². The number of carbonyl (C=O) groups is 1. The van der Waals surface area contributed by atoms with Crippen molar-refractivity contribution in [1.29, 1.82) is 0 Å². The molecule has 0 aliphatic carbocycles. The Morgan fingerprint density at radius 3 is 2.66 bits per heavy atom. The molecule has 1 aromatic heterocycles. The lowest BCUT2D eigenvalue weighted by Gasteiger charge is -2.18. The predicted octanol–water partition coefficient (Wildman–Crippen LogP) is 6.52. The highest BCUT2D eigenvalue weighted by Gasteiger charge is 2.37. The molecule has 0 saturated heterocycles. The first kappa shape index (κ1) is 23.1. The summed E-state index contributed by atoms with van der Waals surface area (Å²) in [5.74, 6) is -0.782. The second-order valence-corrected chi connectivity index (χ2v) is 9.70. The van der Waals surface area contributed by atoms with Crippen LogP contribution in [0.25, 0.3) is 11.0 Å². The van der Waals surface area contributed by atoms with Gasteiger partial charge in [-0.15, -0.1) is 0 Å². The molecule has 0 saturated carbocycles. The molecule has 0 fully saturated rings. The summed E-state index contributed by atoms with van der Waals surface area (Å²) in [6, 6.07) is 10.6. The van der Waals surface area contributed by atoms with Gasteiger partial charge in [-0.2, -0.15) is 0 Å². The van der Waals surface area contributed by atoms with Gasteiger partial charge in [0, 0.05) is 19.0 Å². The largest absolute Gasteiger partial charge is 0.486 e. The van der Waals surface area contributed by atoms with Crippen LogP contribution in [0.5, 0.6) is 5.75 Å². The van der Waals surface area contributed by atoms with Crippen molar-refractivity contribution in [3.63, 3.8) is 0 Å². The highest BCUT2D eigenvalue weighted by molar-refractivity contribution is 6.33. The summed E-state index contributed by atoms with van der Waals surface area (Å²) < 4.78 is 36.7. The van der Waals surface area contributed by atoms with Crippen molar-refractivity contribution >= 4 is 45.9 Å². The average molecular weight is 497 g/mol. The number of rotatable bonds is 4. The Hall–Kier alpha value is -3.65. The van der Waals surface area contributed by atoms with Crippen molar-refractivity contribution in [1.82, 2.24) is 9.55 Å². The SMILES string of the molecule is Cc1ccc(NC(=O)c2cc3nc(Nc4c(F)cccc4Cl)n(C)c3c3c2OC(C)(C)C3)c(F)c1. The summed E-state index contributed by atoms with van der Waals surface area (Å²) >= 11 is 6.18. The third-order valence-electron chi connectivity index (χ3n) is 6.01. The molecule has 3 aromatic carbocycles. The maximum Gasteiger partial charge on any atom is 0.259 e. The molecule has 0 atom stereocenters. The van der Waals surface area contributed by atoms with E-state index in [1.165, 1.54) is 24.3 Å². The molecule has 2 heterocycles. The van der Waals surface area contributed by atoms with E-state index in [0.29, 0.717) is 23.6 Å². The van der Waals surface area contributed by atoms with Crippen LogP contribution in [-0.2, 0) is 13.5 Å². The molecule has 180 valence electrons. The number of aryl methyl sites for hydroxylation is 2. The molecule has 0 bridgehead atoms. The molecule has 6 nitrogen and oxygen atoms in total. The first-order chi connectivity index (χ1) is 16.5. The van der Waals surface area contributed by atoms with E-state index in [2.05, 4.69) is 15.6 Å². The van der Waals surface area contributed by atoms with Gasteiger partial charge in [-0.3, -0.25) is 4.79 Å². The standard InChI is InChI=1S/C26H23ClF2N4O2/c1-13-8-9-19(18(29)10-13)30-24(34)14-11-20-22(15-12-26(2,3)35-23(14)15)33(4)25(31-20)32-21-16(27)6-5-7-17(21)28/h5-11H,12H2,1-4H3,(H,30,34)(H,31,32). The van der Waals surface area contributed by atoms with Crippen LogP contribution in [0.15, 0.2) is 42.5 Å². The molecule has 35 heavy (non-hydrogen) atoms. The van der Waals surface area contributed by atoms with E-state index in [1.54, 1.807) is 36.7 Å². The topological polar surface area (TPSA) is 68.2 Å². The summed E-state index contributed by atoms with van der Waals surface area (Å²) in [6.45, 7) is 5.62. The van der Waals surface area contributed by atoms with Crippen molar-refractivity contribution in [3.8, 4) is 5.75 Å². The number of amides is 1. The van der Waals surface area contributed by atoms with E-state index in [-0.39, 0.29) is 22.0 Å². The number of para-hydroxylation sites is 1. The van der Waals surface area contributed by atoms with Crippen LogP contribution in [-0.4, -0.2) is 21.1 Å². The fraction of sp³-hybridized carbons (Fsp3) is 0.231. The highest BCUT2D eigenvalue weighted by atomic mass is 35.5. The molecule has 2 N–H and O–H groups in total. The van der Waals surface area contributed by atoms with Gasteiger partial charge >= 0.3 is 0 Å². The fourth-order valence-electron chi connectivity index (χ4n) is 4.39. The lowest BCUT2D eigenvalue weighted by Crippen LogP contribution is -2.25. The molecule has 9 heteroatoms. The Morgan fingerprint density at radius 2 is 1.94 bits per heavy atom. The lowest BCUT2D eigenvalue weighted by atomic mass is 9.98. The number of ether oxygens (including phenoxy) is 1. The van der Waals surface area contributed by atoms with Gasteiger partial charge in [0.1, 0.15) is 23.0 Å². The zero-order valence-electron chi connectivity index (χ0n) is 19.6. The monoisotopic (exact) mass is 496 g/mol. The zero-order chi connectivity index (χ0) is 25.1. The third kappa shape index (κ3) is 4.08. The maximum atomic E-state index is 14.4. The van der Waals surface area contributed by atoms with E-state index in [4.69, 9.17) is 16.3 Å². The van der Waals surface area contributed by atoms with Gasteiger partial charge in [0.15, 0.2) is 0 Å². The first-order valence-electron chi connectivity index (χ1n) is 11.0. The number of imidazole rings is 1. The molecule has 0 unspecified atom stereocenters. The van der Waals surface area contributed by atoms with Crippen LogP contribution >= 0.6 is 11.6 Å². The molecule has 0 spiro atoms. The van der Waals surface area contributed by atoms with Crippen molar-refractivity contribution in [3.05, 3.63) is 75.8 Å². The van der Waals surface area contributed by atoms with Gasteiger partial charge in [-0.05, 0) is 56.7 Å². The summed E-state index contributed by atoms with van der Waals surface area (Å²) in [6.07, 6.45) is 0.526. The summed E-state index contributed by atoms with van der Waals surface area (Å²) in [4.78, 5) is 17.9. The minimum atomic E-state index is -0.562. The van der Waals surface area contributed by atoms with Gasteiger partial charge in [0.05, 0.1) is 33.0 Å². The number of hydrogen-bond donors (Lipinski definition) is 2. The van der Waals surface area contributed by atoms with Gasteiger partial charge in [0.2, 0.25) is 5.95 Å². The number of aromatic nitrogens is 2. The Bertz CT molecular complexity index is 1490. The summed E-state index contributed by atoms with van der Waals surface area (Å²) in [5, 5.41) is 5.82. The highest BCUT2D eigenvalue weighted by Crippen LogP contribution is 2.43. The van der Waals surface area contributed by atoms with Crippen LogP contribution in [0.1, 0.15) is 35.3 Å². The normalized spacial score (nSPS) is 14.0. The van der Waals surface area contributed by atoms with Crippen LogP contribution < -0.4 is 15.4 Å². The minimum Gasteiger partial charge on any atom is -0.486 e. The zero-order valence-corrected chi connectivity index (χ0v) is 20.3.